The average Bonchev–Trinajstić information content (AvgIpc) is 3.05. The van der Waals surface area contributed by atoms with Crippen LogP contribution in [0.5, 0.6) is 0 Å². The molecule has 1 heterocycles. The maximum absolute atomic E-state index is 13.2. The van der Waals surface area contributed by atoms with Crippen LogP contribution in [0.3, 0.4) is 0 Å². The molecule has 0 unspecified atom stereocenters. The van der Waals surface area contributed by atoms with Gasteiger partial charge in [0, 0.05) is 10.6 Å². The Hall–Kier alpha value is -1.63. The lowest BCUT2D eigenvalue weighted by atomic mass is 10.3. The number of rotatable bonds is 4. The zero-order valence-corrected chi connectivity index (χ0v) is 10.4. The molecule has 3 rings (SSSR count). The number of anilines is 1. The van der Waals surface area contributed by atoms with Crippen LogP contribution in [0, 0.1) is 5.82 Å². The lowest BCUT2D eigenvalue weighted by Gasteiger charge is -2.04. The van der Waals surface area contributed by atoms with Crippen molar-refractivity contribution in [1.82, 2.24) is 20.2 Å². The third kappa shape index (κ3) is 2.45. The summed E-state index contributed by atoms with van der Waals surface area (Å²) in [6, 6.07) is 4.97. The molecule has 2 N–H and O–H groups in total. The zero-order chi connectivity index (χ0) is 12.5. The second kappa shape index (κ2) is 4.56. The van der Waals surface area contributed by atoms with Gasteiger partial charge < -0.3 is 5.73 Å². The van der Waals surface area contributed by atoms with E-state index in [-0.39, 0.29) is 5.82 Å². The molecule has 1 aliphatic rings. The summed E-state index contributed by atoms with van der Waals surface area (Å²) in [5, 5.41) is 11.6. The molecule has 1 fully saturated rings. The summed E-state index contributed by atoms with van der Waals surface area (Å²) in [4.78, 5) is 0.790. The quantitative estimate of drug-likeness (QED) is 0.676. The average molecular weight is 265 g/mol. The first-order valence-electron chi connectivity index (χ1n) is 5.68. The van der Waals surface area contributed by atoms with Crippen LogP contribution in [0.15, 0.2) is 23.1 Å². The van der Waals surface area contributed by atoms with Crippen LogP contribution >= 0.6 is 11.8 Å². The summed E-state index contributed by atoms with van der Waals surface area (Å²) < 4.78 is 15.0. The van der Waals surface area contributed by atoms with Gasteiger partial charge in [-0.15, -0.1) is 16.9 Å². The molecule has 0 bridgehead atoms. The molecule has 5 nitrogen and oxygen atoms in total. The fourth-order valence-corrected chi connectivity index (χ4v) is 2.63. The van der Waals surface area contributed by atoms with Crippen molar-refractivity contribution in [1.29, 1.82) is 0 Å². The van der Waals surface area contributed by atoms with Gasteiger partial charge >= 0.3 is 0 Å². The van der Waals surface area contributed by atoms with Gasteiger partial charge in [0.1, 0.15) is 5.82 Å². The molecule has 0 amide bonds. The minimum absolute atomic E-state index is 0.320. The van der Waals surface area contributed by atoms with E-state index in [0.717, 1.165) is 23.6 Å². The van der Waals surface area contributed by atoms with Crippen LogP contribution in [-0.2, 0) is 5.75 Å². The standard InChI is InChI=1S/C11H12FN5S/c12-7-3-8(13)5-10(4-7)18-6-11-14-15-16-17(11)9-1-2-9/h3-5,9H,1-2,6,13H2. The van der Waals surface area contributed by atoms with E-state index < -0.39 is 0 Å². The molecule has 2 aromatic rings. The fraction of sp³-hybridized carbons (Fsp3) is 0.364. The van der Waals surface area contributed by atoms with Gasteiger partial charge in [0.15, 0.2) is 5.82 Å². The molecule has 0 saturated heterocycles. The van der Waals surface area contributed by atoms with Crippen molar-refractivity contribution in [2.75, 3.05) is 5.73 Å². The number of benzene rings is 1. The zero-order valence-electron chi connectivity index (χ0n) is 9.58. The summed E-state index contributed by atoms with van der Waals surface area (Å²) in [5.74, 6) is 1.12. The van der Waals surface area contributed by atoms with Gasteiger partial charge in [0.05, 0.1) is 11.8 Å². The van der Waals surface area contributed by atoms with Crippen molar-refractivity contribution in [3.63, 3.8) is 0 Å². The van der Waals surface area contributed by atoms with E-state index >= 15 is 0 Å². The predicted octanol–water partition coefficient (Wildman–Crippen LogP) is 2.02. The van der Waals surface area contributed by atoms with Gasteiger partial charge in [-0.1, -0.05) is 0 Å². The van der Waals surface area contributed by atoms with Crippen LogP contribution in [-0.4, -0.2) is 20.2 Å². The van der Waals surface area contributed by atoms with Crippen molar-refractivity contribution in [3.05, 3.63) is 29.8 Å². The van der Waals surface area contributed by atoms with E-state index in [2.05, 4.69) is 15.5 Å². The Morgan fingerprint density at radius 1 is 1.39 bits per heavy atom. The molecule has 1 saturated carbocycles. The highest BCUT2D eigenvalue weighted by Gasteiger charge is 2.27. The van der Waals surface area contributed by atoms with E-state index in [1.54, 1.807) is 6.07 Å². The van der Waals surface area contributed by atoms with E-state index in [0.29, 0.717) is 17.5 Å². The molecule has 0 atom stereocenters. The van der Waals surface area contributed by atoms with Crippen molar-refractivity contribution in [3.8, 4) is 0 Å². The van der Waals surface area contributed by atoms with Crippen LogP contribution in [0.4, 0.5) is 10.1 Å². The molecule has 0 radical (unpaired) electrons. The first-order chi connectivity index (χ1) is 8.72. The highest BCUT2D eigenvalue weighted by Crippen LogP contribution is 2.35. The van der Waals surface area contributed by atoms with Crippen molar-refractivity contribution in [2.24, 2.45) is 0 Å². The molecular weight excluding hydrogens is 253 g/mol. The highest BCUT2D eigenvalue weighted by molar-refractivity contribution is 7.98. The Kier molecular flexibility index (Phi) is 2.91. The Balaban J connectivity index is 1.71. The van der Waals surface area contributed by atoms with Crippen LogP contribution in [0.1, 0.15) is 24.7 Å². The molecule has 7 heteroatoms. The Bertz CT molecular complexity index is 546. The number of nitrogens with zero attached hydrogens (tertiary/aromatic N) is 4. The smallest absolute Gasteiger partial charge is 0.161 e. The lowest BCUT2D eigenvalue weighted by molar-refractivity contribution is 0.593. The first kappa shape index (κ1) is 11.5. The molecule has 1 aromatic heterocycles. The second-order valence-electron chi connectivity index (χ2n) is 4.28. The summed E-state index contributed by atoms with van der Waals surface area (Å²) in [7, 11) is 0. The van der Waals surface area contributed by atoms with Crippen molar-refractivity contribution in [2.45, 2.75) is 29.5 Å². The van der Waals surface area contributed by atoms with Crippen LogP contribution in [0.25, 0.3) is 0 Å². The van der Waals surface area contributed by atoms with Gasteiger partial charge in [-0.25, -0.2) is 9.07 Å². The van der Waals surface area contributed by atoms with E-state index in [9.17, 15) is 4.39 Å². The van der Waals surface area contributed by atoms with Gasteiger partial charge in [-0.05, 0) is 41.5 Å². The summed E-state index contributed by atoms with van der Waals surface area (Å²) in [5.41, 5.74) is 6.03. The van der Waals surface area contributed by atoms with E-state index in [4.69, 9.17) is 5.73 Å². The predicted molar refractivity (Wildman–Crippen MR) is 66.5 cm³/mol. The number of nitrogen functional groups attached to an aromatic ring is 1. The third-order valence-electron chi connectivity index (χ3n) is 2.72. The number of aromatic nitrogens is 4. The third-order valence-corrected chi connectivity index (χ3v) is 3.69. The maximum Gasteiger partial charge on any atom is 0.161 e. The number of hydrogen-bond donors (Lipinski definition) is 1. The normalized spacial score (nSPS) is 14.9. The Morgan fingerprint density at radius 3 is 2.94 bits per heavy atom. The number of halogens is 1. The summed E-state index contributed by atoms with van der Waals surface area (Å²) in [6.07, 6.45) is 2.27. The monoisotopic (exact) mass is 265 g/mol. The number of thioether (sulfide) groups is 1. The summed E-state index contributed by atoms with van der Waals surface area (Å²) in [6.45, 7) is 0. The first-order valence-corrected chi connectivity index (χ1v) is 6.66. The molecule has 18 heavy (non-hydrogen) atoms. The van der Waals surface area contributed by atoms with Crippen molar-refractivity contribution >= 4 is 17.4 Å². The van der Waals surface area contributed by atoms with Gasteiger partial charge in [0.25, 0.3) is 0 Å². The van der Waals surface area contributed by atoms with E-state index in [1.165, 1.54) is 23.9 Å². The molecule has 1 aliphatic carbocycles. The largest absolute Gasteiger partial charge is 0.399 e. The Labute approximate surface area is 108 Å². The second-order valence-corrected chi connectivity index (χ2v) is 5.33. The highest BCUT2D eigenvalue weighted by atomic mass is 32.2. The van der Waals surface area contributed by atoms with E-state index in [1.807, 2.05) is 4.68 Å². The van der Waals surface area contributed by atoms with Crippen LogP contribution in [0.2, 0.25) is 0 Å². The van der Waals surface area contributed by atoms with Crippen LogP contribution < -0.4 is 5.73 Å². The van der Waals surface area contributed by atoms with Gasteiger partial charge in [-0.3, -0.25) is 0 Å². The van der Waals surface area contributed by atoms with Crippen molar-refractivity contribution < 1.29 is 4.39 Å². The van der Waals surface area contributed by atoms with Gasteiger partial charge in [-0.2, -0.15) is 0 Å². The topological polar surface area (TPSA) is 69.6 Å². The maximum atomic E-state index is 13.2. The van der Waals surface area contributed by atoms with Gasteiger partial charge in [0.2, 0.25) is 0 Å². The minimum atomic E-state index is -0.320. The molecule has 94 valence electrons. The number of tetrazole rings is 1. The summed E-state index contributed by atoms with van der Waals surface area (Å²) >= 11 is 1.48. The fourth-order valence-electron chi connectivity index (χ4n) is 1.73. The SMILES string of the molecule is Nc1cc(F)cc(SCc2nnnn2C2CC2)c1. The molecule has 1 aromatic carbocycles. The minimum Gasteiger partial charge on any atom is -0.399 e. The number of hydrogen-bond acceptors (Lipinski definition) is 5. The molecule has 0 spiro atoms. The number of nitrogens with two attached hydrogens (primary N) is 1. The molecular formula is C11H12FN5S. The Morgan fingerprint density at radius 2 is 2.22 bits per heavy atom. The lowest BCUT2D eigenvalue weighted by Crippen LogP contribution is -2.02. The molecule has 0 aliphatic heterocycles.